The SMILES string of the molecule is CC(CC(=O)O)NC(=O)C1(C)CCCC1N. The first-order valence-electron chi connectivity index (χ1n) is 5.64. The number of carboxylic acid groups (broad SMARTS) is 1. The van der Waals surface area contributed by atoms with Crippen LogP contribution in [0.5, 0.6) is 0 Å². The number of carbonyl (C=O) groups is 2. The molecule has 1 aliphatic carbocycles. The molecule has 0 spiro atoms. The van der Waals surface area contributed by atoms with Gasteiger partial charge in [-0.25, -0.2) is 0 Å². The predicted molar refractivity (Wildman–Crippen MR) is 59.8 cm³/mol. The van der Waals surface area contributed by atoms with Gasteiger partial charge in [0.1, 0.15) is 0 Å². The molecule has 0 aromatic carbocycles. The topological polar surface area (TPSA) is 92.4 Å². The molecule has 0 bridgehead atoms. The minimum Gasteiger partial charge on any atom is -0.481 e. The van der Waals surface area contributed by atoms with Crippen LogP contribution in [0.3, 0.4) is 0 Å². The van der Waals surface area contributed by atoms with Crippen molar-refractivity contribution in [2.24, 2.45) is 11.1 Å². The second-order valence-electron chi connectivity index (χ2n) is 4.89. The van der Waals surface area contributed by atoms with Gasteiger partial charge < -0.3 is 16.2 Å². The fourth-order valence-corrected chi connectivity index (χ4v) is 2.18. The largest absolute Gasteiger partial charge is 0.481 e. The number of nitrogens with one attached hydrogen (secondary N) is 1. The first kappa shape index (κ1) is 13.0. The van der Waals surface area contributed by atoms with Gasteiger partial charge in [0.05, 0.1) is 11.8 Å². The van der Waals surface area contributed by atoms with Crippen molar-refractivity contribution in [3.8, 4) is 0 Å². The molecule has 1 aliphatic rings. The first-order valence-corrected chi connectivity index (χ1v) is 5.64. The fourth-order valence-electron chi connectivity index (χ4n) is 2.18. The number of hydrogen-bond donors (Lipinski definition) is 3. The van der Waals surface area contributed by atoms with Crippen LogP contribution in [0, 0.1) is 5.41 Å². The van der Waals surface area contributed by atoms with Crippen LogP contribution in [-0.4, -0.2) is 29.1 Å². The molecule has 4 N–H and O–H groups in total. The highest BCUT2D eigenvalue weighted by atomic mass is 16.4. The molecule has 1 saturated carbocycles. The Morgan fingerprint density at radius 3 is 2.69 bits per heavy atom. The van der Waals surface area contributed by atoms with Crippen LogP contribution in [-0.2, 0) is 9.59 Å². The van der Waals surface area contributed by atoms with E-state index in [0.29, 0.717) is 0 Å². The van der Waals surface area contributed by atoms with Crippen molar-refractivity contribution in [3.63, 3.8) is 0 Å². The molecule has 0 aliphatic heterocycles. The molecule has 1 amide bonds. The molecule has 3 atom stereocenters. The van der Waals surface area contributed by atoms with Crippen molar-refractivity contribution in [2.45, 2.75) is 51.6 Å². The van der Waals surface area contributed by atoms with E-state index in [2.05, 4.69) is 5.32 Å². The lowest BCUT2D eigenvalue weighted by Gasteiger charge is -2.29. The van der Waals surface area contributed by atoms with Crippen LogP contribution < -0.4 is 11.1 Å². The Morgan fingerprint density at radius 2 is 2.25 bits per heavy atom. The van der Waals surface area contributed by atoms with Crippen molar-refractivity contribution < 1.29 is 14.7 Å². The monoisotopic (exact) mass is 228 g/mol. The fraction of sp³-hybridized carbons (Fsp3) is 0.818. The lowest BCUT2D eigenvalue weighted by atomic mass is 9.84. The van der Waals surface area contributed by atoms with Gasteiger partial charge in [0, 0.05) is 12.1 Å². The van der Waals surface area contributed by atoms with Gasteiger partial charge >= 0.3 is 5.97 Å². The Morgan fingerprint density at radius 1 is 1.62 bits per heavy atom. The van der Waals surface area contributed by atoms with Gasteiger partial charge in [-0.15, -0.1) is 0 Å². The molecule has 16 heavy (non-hydrogen) atoms. The highest BCUT2D eigenvalue weighted by Crippen LogP contribution is 2.36. The molecule has 5 heteroatoms. The molecule has 0 radical (unpaired) electrons. The summed E-state index contributed by atoms with van der Waals surface area (Å²) >= 11 is 0. The third-order valence-corrected chi connectivity index (χ3v) is 3.41. The number of rotatable bonds is 4. The zero-order chi connectivity index (χ0) is 12.3. The molecule has 1 fully saturated rings. The molecule has 92 valence electrons. The average molecular weight is 228 g/mol. The predicted octanol–water partition coefficient (Wildman–Crippen LogP) is 0.483. The lowest BCUT2D eigenvalue weighted by molar-refractivity contribution is -0.138. The second kappa shape index (κ2) is 4.82. The third-order valence-electron chi connectivity index (χ3n) is 3.41. The number of carbonyl (C=O) groups excluding carboxylic acids is 1. The van der Waals surface area contributed by atoms with Crippen molar-refractivity contribution in [2.75, 3.05) is 0 Å². The number of nitrogens with two attached hydrogens (primary N) is 1. The third kappa shape index (κ3) is 2.72. The minimum absolute atomic E-state index is 0.0585. The zero-order valence-electron chi connectivity index (χ0n) is 9.82. The number of hydrogen-bond acceptors (Lipinski definition) is 3. The average Bonchev–Trinajstić information content (AvgIpc) is 2.46. The number of aliphatic carboxylic acids is 1. The van der Waals surface area contributed by atoms with Gasteiger partial charge in [-0.3, -0.25) is 9.59 Å². The molecular weight excluding hydrogens is 208 g/mol. The maximum absolute atomic E-state index is 12.0. The molecule has 0 saturated heterocycles. The quantitative estimate of drug-likeness (QED) is 0.652. The Labute approximate surface area is 95.4 Å². The molecule has 0 aromatic heterocycles. The van der Waals surface area contributed by atoms with Crippen molar-refractivity contribution in [1.82, 2.24) is 5.32 Å². The molecule has 0 heterocycles. The van der Waals surface area contributed by atoms with Gasteiger partial charge in [-0.1, -0.05) is 6.42 Å². The Bertz CT molecular complexity index is 293. The lowest BCUT2D eigenvalue weighted by Crippen LogP contribution is -2.50. The summed E-state index contributed by atoms with van der Waals surface area (Å²) in [4.78, 5) is 22.5. The minimum atomic E-state index is -0.909. The Balaban J connectivity index is 2.54. The summed E-state index contributed by atoms with van der Waals surface area (Å²) in [6, 6.07) is -0.473. The summed E-state index contributed by atoms with van der Waals surface area (Å²) in [5, 5.41) is 11.3. The molecule has 0 aromatic rings. The van der Waals surface area contributed by atoms with E-state index in [1.54, 1.807) is 6.92 Å². The van der Waals surface area contributed by atoms with Gasteiger partial charge in [0.25, 0.3) is 0 Å². The summed E-state index contributed by atoms with van der Waals surface area (Å²) < 4.78 is 0. The van der Waals surface area contributed by atoms with E-state index >= 15 is 0 Å². The Hall–Kier alpha value is -1.10. The van der Waals surface area contributed by atoms with E-state index in [1.165, 1.54) is 0 Å². The van der Waals surface area contributed by atoms with Gasteiger partial charge in [0.15, 0.2) is 0 Å². The van der Waals surface area contributed by atoms with Crippen LogP contribution in [0.15, 0.2) is 0 Å². The maximum atomic E-state index is 12.0. The Kier molecular flexibility index (Phi) is 3.91. The normalized spacial score (nSPS) is 31.1. The van der Waals surface area contributed by atoms with E-state index in [4.69, 9.17) is 10.8 Å². The summed E-state index contributed by atoms with van der Waals surface area (Å²) in [6.07, 6.45) is 2.53. The summed E-state index contributed by atoms with van der Waals surface area (Å²) in [5.74, 6) is -1.03. The van der Waals surface area contributed by atoms with Crippen LogP contribution in [0.25, 0.3) is 0 Å². The smallest absolute Gasteiger partial charge is 0.305 e. The van der Waals surface area contributed by atoms with Crippen molar-refractivity contribution >= 4 is 11.9 Å². The highest BCUT2D eigenvalue weighted by molar-refractivity contribution is 5.84. The number of amides is 1. The van der Waals surface area contributed by atoms with E-state index in [9.17, 15) is 9.59 Å². The van der Waals surface area contributed by atoms with Crippen molar-refractivity contribution in [3.05, 3.63) is 0 Å². The zero-order valence-corrected chi connectivity index (χ0v) is 9.82. The summed E-state index contributed by atoms with van der Waals surface area (Å²) in [5.41, 5.74) is 5.38. The standard InChI is InChI=1S/C11H20N2O3/c1-7(6-9(14)15)13-10(16)11(2)5-3-4-8(11)12/h7-8H,3-6,12H2,1-2H3,(H,13,16)(H,14,15). The summed E-state index contributed by atoms with van der Waals surface area (Å²) in [7, 11) is 0. The molecule has 5 nitrogen and oxygen atoms in total. The first-order chi connectivity index (χ1) is 7.36. The van der Waals surface area contributed by atoms with Gasteiger partial charge in [-0.2, -0.15) is 0 Å². The van der Waals surface area contributed by atoms with Crippen LogP contribution in [0.4, 0.5) is 0 Å². The van der Waals surface area contributed by atoms with E-state index in [0.717, 1.165) is 19.3 Å². The van der Waals surface area contributed by atoms with Crippen LogP contribution in [0.2, 0.25) is 0 Å². The van der Waals surface area contributed by atoms with Gasteiger partial charge in [0.2, 0.25) is 5.91 Å². The molecule has 1 rings (SSSR count). The highest BCUT2D eigenvalue weighted by Gasteiger charge is 2.43. The molecular formula is C11H20N2O3. The van der Waals surface area contributed by atoms with Crippen LogP contribution in [0.1, 0.15) is 39.5 Å². The van der Waals surface area contributed by atoms with Crippen molar-refractivity contribution in [1.29, 1.82) is 0 Å². The summed E-state index contributed by atoms with van der Waals surface area (Å²) in [6.45, 7) is 3.54. The molecule has 3 unspecified atom stereocenters. The van der Waals surface area contributed by atoms with E-state index in [1.807, 2.05) is 6.92 Å². The van der Waals surface area contributed by atoms with E-state index < -0.39 is 11.4 Å². The van der Waals surface area contributed by atoms with Gasteiger partial charge in [-0.05, 0) is 26.7 Å². The second-order valence-corrected chi connectivity index (χ2v) is 4.89. The van der Waals surface area contributed by atoms with E-state index in [-0.39, 0.29) is 24.4 Å². The number of carboxylic acids is 1. The maximum Gasteiger partial charge on any atom is 0.305 e. The van der Waals surface area contributed by atoms with Crippen LogP contribution >= 0.6 is 0 Å².